The van der Waals surface area contributed by atoms with E-state index in [1.807, 2.05) is 12.1 Å². The lowest BCUT2D eigenvalue weighted by Crippen LogP contribution is -2.49. The van der Waals surface area contributed by atoms with Gasteiger partial charge in [0.1, 0.15) is 0 Å². The summed E-state index contributed by atoms with van der Waals surface area (Å²) in [6, 6.07) is 21.4. The molecule has 2 saturated heterocycles. The normalized spacial score (nSPS) is 16.7. The highest BCUT2D eigenvalue weighted by atomic mass is 19.2. The van der Waals surface area contributed by atoms with E-state index < -0.39 is 11.6 Å². The minimum Gasteiger partial charge on any atom is -0.372 e. The van der Waals surface area contributed by atoms with Crippen molar-refractivity contribution in [2.75, 3.05) is 50.7 Å². The van der Waals surface area contributed by atoms with E-state index in [2.05, 4.69) is 40.1 Å². The zero-order valence-corrected chi connectivity index (χ0v) is 21.9. The molecule has 2 heterocycles. The fraction of sp³-hybridized carbons (Fsp3) is 0.355. The maximum Gasteiger partial charge on any atom is 0.254 e. The Labute approximate surface area is 228 Å². The van der Waals surface area contributed by atoms with Crippen LogP contribution in [0.5, 0.6) is 0 Å². The molecule has 0 saturated carbocycles. The summed E-state index contributed by atoms with van der Waals surface area (Å²) in [4.78, 5) is 19.2. The molecule has 2 aliphatic rings. The Kier molecular flexibility index (Phi) is 8.50. The van der Waals surface area contributed by atoms with Gasteiger partial charge in [0.15, 0.2) is 11.6 Å². The Balaban J connectivity index is 1.26. The molecule has 6 nitrogen and oxygen atoms in total. The molecular weight excluding hydrogens is 498 g/mol. The molecule has 8 heteroatoms. The molecule has 2 fully saturated rings. The van der Waals surface area contributed by atoms with E-state index >= 15 is 0 Å². The van der Waals surface area contributed by atoms with Crippen molar-refractivity contribution < 1.29 is 18.3 Å². The Hall–Kier alpha value is -3.80. The minimum atomic E-state index is -1.02. The van der Waals surface area contributed by atoms with Crippen LogP contribution < -0.4 is 4.90 Å². The standard InChI is InChI=1S/C31H32F2N4O2/c32-28-11-10-26(19-29(28)33)31(38)37-16-14-35(15-17-37)21-30(39-22-24-8-6-23(20-34)7-9-24)25-4-3-5-27(18-25)36-12-1-2-13-36/h3-11,18-19,30H,1-2,12-17,21-22H2. The molecule has 5 rings (SSSR count). The summed E-state index contributed by atoms with van der Waals surface area (Å²) in [7, 11) is 0. The third-order valence-electron chi connectivity index (χ3n) is 7.50. The summed E-state index contributed by atoms with van der Waals surface area (Å²) >= 11 is 0. The third-order valence-corrected chi connectivity index (χ3v) is 7.50. The smallest absolute Gasteiger partial charge is 0.254 e. The zero-order chi connectivity index (χ0) is 27.2. The maximum atomic E-state index is 13.6. The lowest BCUT2D eigenvalue weighted by atomic mass is 10.1. The number of piperazine rings is 1. The van der Waals surface area contributed by atoms with Crippen LogP contribution in [0.3, 0.4) is 0 Å². The second kappa shape index (κ2) is 12.4. The first kappa shape index (κ1) is 26.8. The van der Waals surface area contributed by atoms with Gasteiger partial charge in [0.05, 0.1) is 24.3 Å². The topological polar surface area (TPSA) is 59.8 Å². The number of carbonyl (C=O) groups is 1. The van der Waals surface area contributed by atoms with Gasteiger partial charge in [-0.05, 0) is 66.4 Å². The first-order valence-corrected chi connectivity index (χ1v) is 13.4. The van der Waals surface area contributed by atoms with Crippen molar-refractivity contribution in [1.29, 1.82) is 5.26 Å². The van der Waals surface area contributed by atoms with Crippen LogP contribution in [0.25, 0.3) is 0 Å². The summed E-state index contributed by atoms with van der Waals surface area (Å²) in [6.07, 6.45) is 2.23. The van der Waals surface area contributed by atoms with Gasteiger partial charge in [-0.15, -0.1) is 0 Å². The Bertz CT molecular complexity index is 1330. The number of hydrogen-bond donors (Lipinski definition) is 0. The highest BCUT2D eigenvalue weighted by Crippen LogP contribution is 2.28. The van der Waals surface area contributed by atoms with Gasteiger partial charge >= 0.3 is 0 Å². The SMILES string of the molecule is N#Cc1ccc(COC(CN2CCN(C(=O)c3ccc(F)c(F)c3)CC2)c2cccc(N3CCCC3)c2)cc1. The fourth-order valence-electron chi connectivity index (χ4n) is 5.20. The third kappa shape index (κ3) is 6.62. The Morgan fingerprint density at radius 3 is 2.33 bits per heavy atom. The predicted octanol–water partition coefficient (Wildman–Crippen LogP) is 5.15. The van der Waals surface area contributed by atoms with Gasteiger partial charge in [0.25, 0.3) is 5.91 Å². The molecule has 0 aliphatic carbocycles. The summed E-state index contributed by atoms with van der Waals surface area (Å²) in [5.41, 5.74) is 4.08. The van der Waals surface area contributed by atoms with Crippen LogP contribution in [-0.4, -0.2) is 61.5 Å². The molecule has 2 aliphatic heterocycles. The van der Waals surface area contributed by atoms with Gasteiger partial charge in [-0.25, -0.2) is 8.78 Å². The zero-order valence-electron chi connectivity index (χ0n) is 21.9. The molecule has 0 aromatic heterocycles. The van der Waals surface area contributed by atoms with Gasteiger partial charge in [0.2, 0.25) is 0 Å². The van der Waals surface area contributed by atoms with Crippen molar-refractivity contribution in [2.45, 2.75) is 25.6 Å². The van der Waals surface area contributed by atoms with Crippen LogP contribution in [0.15, 0.2) is 66.7 Å². The molecule has 3 aromatic rings. The van der Waals surface area contributed by atoms with E-state index in [-0.39, 0.29) is 17.6 Å². The number of rotatable bonds is 8. The number of ether oxygens (including phenoxy) is 1. The summed E-state index contributed by atoms with van der Waals surface area (Å²) in [6.45, 7) is 5.49. The number of hydrogen-bond acceptors (Lipinski definition) is 5. The van der Waals surface area contributed by atoms with Crippen molar-refractivity contribution in [2.24, 2.45) is 0 Å². The Morgan fingerprint density at radius 1 is 0.897 bits per heavy atom. The number of anilines is 1. The van der Waals surface area contributed by atoms with Crippen molar-refractivity contribution in [1.82, 2.24) is 9.80 Å². The van der Waals surface area contributed by atoms with E-state index in [9.17, 15) is 13.6 Å². The molecule has 1 unspecified atom stereocenters. The van der Waals surface area contributed by atoms with Gasteiger partial charge in [-0.3, -0.25) is 9.69 Å². The molecule has 0 N–H and O–H groups in total. The Morgan fingerprint density at radius 2 is 1.64 bits per heavy atom. The molecule has 0 bridgehead atoms. The molecule has 1 atom stereocenters. The average Bonchev–Trinajstić information content (AvgIpc) is 3.52. The molecule has 0 spiro atoms. The molecule has 3 aromatic carbocycles. The van der Waals surface area contributed by atoms with E-state index in [1.54, 1.807) is 17.0 Å². The van der Waals surface area contributed by atoms with E-state index in [1.165, 1.54) is 24.6 Å². The molecule has 202 valence electrons. The van der Waals surface area contributed by atoms with Crippen LogP contribution in [-0.2, 0) is 11.3 Å². The second-order valence-electron chi connectivity index (χ2n) is 10.1. The van der Waals surface area contributed by atoms with Crippen molar-refractivity contribution in [3.8, 4) is 6.07 Å². The monoisotopic (exact) mass is 530 g/mol. The lowest BCUT2D eigenvalue weighted by Gasteiger charge is -2.36. The lowest BCUT2D eigenvalue weighted by molar-refractivity contribution is 0.00343. The molecule has 39 heavy (non-hydrogen) atoms. The van der Waals surface area contributed by atoms with Crippen molar-refractivity contribution in [3.05, 3.63) is 101 Å². The van der Waals surface area contributed by atoms with Crippen molar-refractivity contribution >= 4 is 11.6 Å². The van der Waals surface area contributed by atoms with Gasteiger partial charge in [0, 0.05) is 57.1 Å². The van der Waals surface area contributed by atoms with E-state index in [4.69, 9.17) is 10.00 Å². The van der Waals surface area contributed by atoms with Crippen LogP contribution in [0.2, 0.25) is 0 Å². The van der Waals surface area contributed by atoms with Gasteiger partial charge < -0.3 is 14.5 Å². The predicted molar refractivity (Wildman–Crippen MR) is 145 cm³/mol. The van der Waals surface area contributed by atoms with Crippen LogP contribution in [0.1, 0.15) is 46.0 Å². The minimum absolute atomic E-state index is 0.157. The summed E-state index contributed by atoms with van der Waals surface area (Å²) in [5.74, 6) is -2.27. The number of halogens is 2. The van der Waals surface area contributed by atoms with Crippen LogP contribution in [0.4, 0.5) is 14.5 Å². The molecule has 0 radical (unpaired) electrons. The quantitative estimate of drug-likeness (QED) is 0.403. The van der Waals surface area contributed by atoms with Gasteiger partial charge in [-0.1, -0.05) is 24.3 Å². The van der Waals surface area contributed by atoms with Crippen molar-refractivity contribution in [3.63, 3.8) is 0 Å². The number of carbonyl (C=O) groups excluding carboxylic acids is 1. The molecule has 1 amide bonds. The van der Waals surface area contributed by atoms with E-state index in [0.717, 1.165) is 36.3 Å². The fourth-order valence-corrected chi connectivity index (χ4v) is 5.20. The highest BCUT2D eigenvalue weighted by Gasteiger charge is 2.26. The average molecular weight is 531 g/mol. The maximum absolute atomic E-state index is 13.6. The summed E-state index contributed by atoms with van der Waals surface area (Å²) in [5, 5.41) is 9.09. The highest BCUT2D eigenvalue weighted by molar-refractivity contribution is 5.94. The van der Waals surface area contributed by atoms with Gasteiger partial charge in [-0.2, -0.15) is 5.26 Å². The number of amides is 1. The van der Waals surface area contributed by atoms with Crippen LogP contribution >= 0.6 is 0 Å². The summed E-state index contributed by atoms with van der Waals surface area (Å²) < 4.78 is 33.4. The largest absolute Gasteiger partial charge is 0.372 e. The second-order valence-corrected chi connectivity index (χ2v) is 10.1. The number of nitriles is 1. The first-order chi connectivity index (χ1) is 19.0. The van der Waals surface area contributed by atoms with Crippen LogP contribution in [0, 0.1) is 23.0 Å². The number of benzene rings is 3. The van der Waals surface area contributed by atoms with E-state index in [0.29, 0.717) is 44.9 Å². The number of nitrogens with zero attached hydrogens (tertiary/aromatic N) is 4. The molecular formula is C31H32F2N4O2. The first-order valence-electron chi connectivity index (χ1n) is 13.4.